The highest BCUT2D eigenvalue weighted by molar-refractivity contribution is 5.50. The fourth-order valence-electron chi connectivity index (χ4n) is 2.32. The minimum atomic E-state index is -0.840. The number of hydrogen-bond acceptors (Lipinski definition) is 4. The monoisotopic (exact) mass is 288 g/mol. The first-order valence-electron chi connectivity index (χ1n) is 6.56. The number of halogens is 1. The molecule has 21 heavy (non-hydrogen) atoms. The van der Waals surface area contributed by atoms with Crippen molar-refractivity contribution in [3.05, 3.63) is 63.5 Å². The summed E-state index contributed by atoms with van der Waals surface area (Å²) in [5.74, 6) is 0.0764. The molecule has 108 valence electrons. The van der Waals surface area contributed by atoms with Crippen molar-refractivity contribution in [2.24, 2.45) is 0 Å². The fourth-order valence-corrected chi connectivity index (χ4v) is 2.32. The van der Waals surface area contributed by atoms with Gasteiger partial charge in [0.25, 0.3) is 0 Å². The van der Waals surface area contributed by atoms with Crippen LogP contribution in [0.3, 0.4) is 0 Å². The van der Waals surface area contributed by atoms with Crippen LogP contribution in [0.5, 0.6) is 5.75 Å². The zero-order valence-electron chi connectivity index (χ0n) is 11.1. The molecule has 2 aromatic carbocycles. The molecule has 5 nitrogen and oxygen atoms in total. The predicted molar refractivity (Wildman–Crippen MR) is 76.0 cm³/mol. The van der Waals surface area contributed by atoms with Crippen molar-refractivity contribution in [1.29, 1.82) is 0 Å². The average Bonchev–Trinajstić information content (AvgIpc) is 2.92. The van der Waals surface area contributed by atoms with Crippen LogP contribution >= 0.6 is 0 Å². The van der Waals surface area contributed by atoms with Crippen molar-refractivity contribution in [2.75, 3.05) is 11.9 Å². The van der Waals surface area contributed by atoms with E-state index in [4.69, 9.17) is 4.74 Å². The highest BCUT2D eigenvalue weighted by Crippen LogP contribution is 2.26. The quantitative estimate of drug-likeness (QED) is 0.692. The number of rotatable bonds is 4. The first-order valence-corrected chi connectivity index (χ1v) is 6.56. The lowest BCUT2D eigenvalue weighted by atomic mass is 10.1. The van der Waals surface area contributed by atoms with Gasteiger partial charge in [0, 0.05) is 30.8 Å². The van der Waals surface area contributed by atoms with Crippen LogP contribution in [-0.4, -0.2) is 11.5 Å². The van der Waals surface area contributed by atoms with Crippen LogP contribution in [0.4, 0.5) is 15.8 Å². The number of nitro groups is 1. The molecule has 0 unspecified atom stereocenters. The Morgan fingerprint density at radius 1 is 1.29 bits per heavy atom. The third-order valence-corrected chi connectivity index (χ3v) is 3.39. The second-order valence-corrected chi connectivity index (χ2v) is 4.82. The molecule has 1 aliphatic heterocycles. The van der Waals surface area contributed by atoms with E-state index in [-0.39, 0.29) is 0 Å². The zero-order valence-corrected chi connectivity index (χ0v) is 11.1. The molecule has 0 radical (unpaired) electrons. The van der Waals surface area contributed by atoms with E-state index in [9.17, 15) is 14.5 Å². The minimum absolute atomic E-state index is 0.509. The van der Waals surface area contributed by atoms with E-state index in [0.717, 1.165) is 29.9 Å². The van der Waals surface area contributed by atoms with Gasteiger partial charge in [-0.2, -0.15) is 4.39 Å². The lowest BCUT2D eigenvalue weighted by molar-refractivity contribution is -0.387. The summed E-state index contributed by atoms with van der Waals surface area (Å²) in [6.07, 6.45) is 0.898. The van der Waals surface area contributed by atoms with E-state index in [1.54, 1.807) is 0 Å². The molecule has 0 aromatic heterocycles. The SMILES string of the molecule is O=[N+]([O-])c1ccc(NCc2ccc3c(c2)CCO3)cc1F. The maximum Gasteiger partial charge on any atom is 0.304 e. The molecule has 1 N–H and O–H groups in total. The maximum absolute atomic E-state index is 13.5. The van der Waals surface area contributed by atoms with Gasteiger partial charge in [-0.3, -0.25) is 10.1 Å². The highest BCUT2D eigenvalue weighted by Gasteiger charge is 2.14. The molecule has 1 heterocycles. The van der Waals surface area contributed by atoms with Crippen LogP contribution in [0, 0.1) is 15.9 Å². The first-order chi connectivity index (χ1) is 10.1. The second-order valence-electron chi connectivity index (χ2n) is 4.82. The van der Waals surface area contributed by atoms with Crippen LogP contribution in [0.15, 0.2) is 36.4 Å². The molecule has 6 heteroatoms. The van der Waals surface area contributed by atoms with Gasteiger partial charge in [0.05, 0.1) is 11.5 Å². The molecule has 3 rings (SSSR count). The number of nitrogens with one attached hydrogen (secondary N) is 1. The predicted octanol–water partition coefficient (Wildman–Crippen LogP) is 3.28. The number of ether oxygens (including phenoxy) is 1. The zero-order chi connectivity index (χ0) is 14.8. The molecule has 0 saturated heterocycles. The van der Waals surface area contributed by atoms with E-state index >= 15 is 0 Å². The topological polar surface area (TPSA) is 64.4 Å². The van der Waals surface area contributed by atoms with Gasteiger partial charge in [0.2, 0.25) is 5.82 Å². The lowest BCUT2D eigenvalue weighted by Gasteiger charge is -2.08. The van der Waals surface area contributed by atoms with E-state index in [1.807, 2.05) is 12.1 Å². The number of anilines is 1. The number of hydrogen-bond donors (Lipinski definition) is 1. The van der Waals surface area contributed by atoms with E-state index < -0.39 is 16.4 Å². The van der Waals surface area contributed by atoms with Gasteiger partial charge in [-0.1, -0.05) is 12.1 Å². The standard InChI is InChI=1S/C15H13FN2O3/c16-13-8-12(2-3-14(13)18(19)20)17-9-10-1-4-15-11(7-10)5-6-21-15/h1-4,7-8,17H,5-6,9H2. The summed E-state index contributed by atoms with van der Waals surface area (Å²) in [6, 6.07) is 9.71. The molecular formula is C15H13FN2O3. The van der Waals surface area contributed by atoms with Crippen LogP contribution in [-0.2, 0) is 13.0 Å². The maximum atomic E-state index is 13.5. The summed E-state index contributed by atoms with van der Waals surface area (Å²) in [4.78, 5) is 9.82. The Balaban J connectivity index is 1.70. The Morgan fingerprint density at radius 3 is 2.90 bits per heavy atom. The summed E-state index contributed by atoms with van der Waals surface area (Å²) >= 11 is 0. The Hall–Kier alpha value is -2.63. The van der Waals surface area contributed by atoms with Gasteiger partial charge in [-0.05, 0) is 23.3 Å². The van der Waals surface area contributed by atoms with Gasteiger partial charge in [0.1, 0.15) is 5.75 Å². The Bertz CT molecular complexity index is 703. The van der Waals surface area contributed by atoms with Crippen LogP contribution in [0.25, 0.3) is 0 Å². The lowest BCUT2D eigenvalue weighted by Crippen LogP contribution is -2.01. The van der Waals surface area contributed by atoms with Crippen LogP contribution in [0.1, 0.15) is 11.1 Å². The smallest absolute Gasteiger partial charge is 0.304 e. The fraction of sp³-hybridized carbons (Fsp3) is 0.200. The van der Waals surface area contributed by atoms with Crippen molar-refractivity contribution in [3.8, 4) is 5.75 Å². The molecule has 0 bridgehead atoms. The first kappa shape index (κ1) is 13.4. The summed E-state index contributed by atoms with van der Waals surface area (Å²) in [6.45, 7) is 1.23. The Labute approximate surface area is 120 Å². The molecule has 0 spiro atoms. The van der Waals surface area contributed by atoms with Crippen LogP contribution in [0.2, 0.25) is 0 Å². The largest absolute Gasteiger partial charge is 0.493 e. The molecule has 0 atom stereocenters. The Morgan fingerprint density at radius 2 is 2.14 bits per heavy atom. The summed E-state index contributed by atoms with van der Waals surface area (Å²) in [5.41, 5.74) is 2.22. The summed E-state index contributed by atoms with van der Waals surface area (Å²) in [7, 11) is 0. The molecule has 1 aliphatic rings. The van der Waals surface area contributed by atoms with Gasteiger partial charge >= 0.3 is 5.69 Å². The normalized spacial score (nSPS) is 12.6. The molecule has 0 saturated carbocycles. The molecule has 0 amide bonds. The third-order valence-electron chi connectivity index (χ3n) is 3.39. The van der Waals surface area contributed by atoms with Crippen molar-refractivity contribution in [3.63, 3.8) is 0 Å². The van der Waals surface area contributed by atoms with Crippen LogP contribution < -0.4 is 10.1 Å². The highest BCUT2D eigenvalue weighted by atomic mass is 19.1. The van der Waals surface area contributed by atoms with Crippen molar-refractivity contribution >= 4 is 11.4 Å². The molecule has 0 fully saturated rings. The van der Waals surface area contributed by atoms with Crippen molar-refractivity contribution in [1.82, 2.24) is 0 Å². The summed E-state index contributed by atoms with van der Waals surface area (Å²) in [5, 5.41) is 13.6. The van der Waals surface area contributed by atoms with E-state index in [2.05, 4.69) is 11.4 Å². The van der Waals surface area contributed by atoms with Gasteiger partial charge < -0.3 is 10.1 Å². The number of nitro benzene ring substituents is 1. The minimum Gasteiger partial charge on any atom is -0.493 e. The van der Waals surface area contributed by atoms with E-state index in [0.29, 0.717) is 18.8 Å². The Kier molecular flexibility index (Phi) is 3.43. The van der Waals surface area contributed by atoms with Gasteiger partial charge in [0.15, 0.2) is 0 Å². The van der Waals surface area contributed by atoms with Gasteiger partial charge in [-0.25, -0.2) is 0 Å². The molecular weight excluding hydrogens is 275 g/mol. The van der Waals surface area contributed by atoms with E-state index in [1.165, 1.54) is 11.6 Å². The number of fused-ring (bicyclic) bond motifs is 1. The molecule has 2 aromatic rings. The number of nitrogens with zero attached hydrogens (tertiary/aromatic N) is 1. The second kappa shape index (κ2) is 5.40. The number of benzene rings is 2. The average molecular weight is 288 g/mol. The van der Waals surface area contributed by atoms with Crippen molar-refractivity contribution < 1.29 is 14.1 Å². The van der Waals surface area contributed by atoms with Crippen molar-refractivity contribution in [2.45, 2.75) is 13.0 Å². The molecule has 0 aliphatic carbocycles. The third kappa shape index (κ3) is 2.79. The van der Waals surface area contributed by atoms with Gasteiger partial charge in [-0.15, -0.1) is 0 Å². The summed E-state index contributed by atoms with van der Waals surface area (Å²) < 4.78 is 18.9.